The smallest absolute Gasteiger partial charge is 0.121 e. The first kappa shape index (κ1) is 14.4. The molecule has 0 radical (unpaired) electrons. The number of phenolic OH excluding ortho intramolecular Hbond substituents is 1. The van der Waals surface area contributed by atoms with Crippen LogP contribution in [0, 0.1) is 34.6 Å². The van der Waals surface area contributed by atoms with Gasteiger partial charge in [0.15, 0.2) is 0 Å². The molecule has 2 N–H and O–H groups in total. The summed E-state index contributed by atoms with van der Waals surface area (Å²) in [5.41, 5.74) is 8.10. The summed E-state index contributed by atoms with van der Waals surface area (Å²) in [6.45, 7) is 11.0. The Kier molecular flexibility index (Phi) is 4.03. The van der Waals surface area contributed by atoms with Gasteiger partial charge < -0.3 is 10.4 Å². The van der Waals surface area contributed by atoms with Crippen molar-refractivity contribution in [2.24, 2.45) is 0 Å². The molecule has 0 aliphatic heterocycles. The van der Waals surface area contributed by atoms with Crippen molar-refractivity contribution in [2.45, 2.75) is 41.2 Å². The van der Waals surface area contributed by atoms with Crippen molar-refractivity contribution >= 4 is 5.69 Å². The zero-order valence-electron chi connectivity index (χ0n) is 13.0. The summed E-state index contributed by atoms with van der Waals surface area (Å²) in [4.78, 5) is 0. The Morgan fingerprint density at radius 3 is 1.80 bits per heavy atom. The molecule has 0 aromatic heterocycles. The number of benzene rings is 2. The highest BCUT2D eigenvalue weighted by molar-refractivity contribution is 5.58. The molecule has 2 aromatic rings. The molecule has 20 heavy (non-hydrogen) atoms. The molecular formula is C18H23NO. The number of aryl methyl sites for hydroxylation is 5. The zero-order chi connectivity index (χ0) is 14.9. The number of nitrogens with one attached hydrogen (secondary N) is 1. The molecular weight excluding hydrogens is 246 g/mol. The summed E-state index contributed by atoms with van der Waals surface area (Å²) in [7, 11) is 0. The van der Waals surface area contributed by atoms with Gasteiger partial charge in [-0.1, -0.05) is 29.8 Å². The summed E-state index contributed by atoms with van der Waals surface area (Å²) in [6, 6.07) is 8.47. The van der Waals surface area contributed by atoms with Crippen LogP contribution in [0.15, 0.2) is 24.3 Å². The number of hydrogen-bond acceptors (Lipinski definition) is 2. The highest BCUT2D eigenvalue weighted by atomic mass is 16.3. The quantitative estimate of drug-likeness (QED) is 0.857. The van der Waals surface area contributed by atoms with Gasteiger partial charge in [-0.15, -0.1) is 0 Å². The molecule has 0 heterocycles. The molecule has 0 amide bonds. The summed E-state index contributed by atoms with van der Waals surface area (Å²) < 4.78 is 0. The van der Waals surface area contributed by atoms with Gasteiger partial charge in [0.1, 0.15) is 5.75 Å². The lowest BCUT2D eigenvalue weighted by Crippen LogP contribution is -2.04. The second-order valence-corrected chi connectivity index (χ2v) is 5.71. The molecule has 0 aliphatic carbocycles. The van der Waals surface area contributed by atoms with Crippen molar-refractivity contribution in [3.63, 3.8) is 0 Å². The van der Waals surface area contributed by atoms with Crippen LogP contribution in [-0.2, 0) is 6.54 Å². The SMILES string of the molecule is Cc1cc(C)c(NCc2cc(C)c(O)c(C)c2)c(C)c1. The predicted octanol–water partition coefficient (Wildman–Crippen LogP) is 4.55. The minimum absolute atomic E-state index is 0.399. The van der Waals surface area contributed by atoms with Gasteiger partial charge in [-0.3, -0.25) is 0 Å². The molecule has 0 bridgehead atoms. The second kappa shape index (κ2) is 5.58. The number of rotatable bonds is 3. The fraction of sp³-hybridized carbons (Fsp3) is 0.333. The summed E-state index contributed by atoms with van der Waals surface area (Å²) in [5, 5.41) is 13.3. The lowest BCUT2D eigenvalue weighted by atomic mass is 10.0. The fourth-order valence-corrected chi connectivity index (χ4v) is 2.80. The highest BCUT2D eigenvalue weighted by Gasteiger charge is 2.06. The van der Waals surface area contributed by atoms with Crippen LogP contribution in [0.3, 0.4) is 0 Å². The van der Waals surface area contributed by atoms with Crippen molar-refractivity contribution < 1.29 is 5.11 Å². The monoisotopic (exact) mass is 269 g/mol. The molecule has 0 fully saturated rings. The standard InChI is InChI=1S/C18H23NO/c1-11-6-12(2)17(13(3)7-11)19-10-16-8-14(4)18(20)15(5)9-16/h6-9,19-20H,10H2,1-5H3. The molecule has 106 valence electrons. The van der Waals surface area contributed by atoms with Crippen molar-refractivity contribution in [1.29, 1.82) is 0 Å². The molecule has 2 rings (SSSR count). The van der Waals surface area contributed by atoms with Gasteiger partial charge in [0.25, 0.3) is 0 Å². The molecule has 2 aromatic carbocycles. The van der Waals surface area contributed by atoms with E-state index in [-0.39, 0.29) is 0 Å². The van der Waals surface area contributed by atoms with Crippen LogP contribution in [0.25, 0.3) is 0 Å². The first-order valence-electron chi connectivity index (χ1n) is 6.99. The Labute approximate surface area is 121 Å². The number of hydrogen-bond donors (Lipinski definition) is 2. The predicted molar refractivity (Wildman–Crippen MR) is 85.6 cm³/mol. The highest BCUT2D eigenvalue weighted by Crippen LogP contribution is 2.25. The molecule has 2 heteroatoms. The largest absolute Gasteiger partial charge is 0.507 e. The van der Waals surface area contributed by atoms with Crippen LogP contribution in [-0.4, -0.2) is 5.11 Å². The van der Waals surface area contributed by atoms with E-state index in [9.17, 15) is 5.11 Å². The van der Waals surface area contributed by atoms with Gasteiger partial charge in [-0.05, 0) is 62.4 Å². The third-order valence-electron chi connectivity index (χ3n) is 3.70. The summed E-state index contributed by atoms with van der Waals surface area (Å²) in [5.74, 6) is 0.399. The van der Waals surface area contributed by atoms with E-state index < -0.39 is 0 Å². The van der Waals surface area contributed by atoms with E-state index in [0.717, 1.165) is 17.7 Å². The van der Waals surface area contributed by atoms with E-state index in [0.29, 0.717) is 5.75 Å². The normalized spacial score (nSPS) is 10.7. The molecule has 0 aliphatic rings. The van der Waals surface area contributed by atoms with E-state index in [1.165, 1.54) is 27.9 Å². The summed E-state index contributed by atoms with van der Waals surface area (Å²) in [6.07, 6.45) is 0. The van der Waals surface area contributed by atoms with Crippen LogP contribution in [0.4, 0.5) is 5.69 Å². The van der Waals surface area contributed by atoms with E-state index in [2.05, 4.69) is 38.2 Å². The maximum absolute atomic E-state index is 9.81. The van der Waals surface area contributed by atoms with Gasteiger partial charge >= 0.3 is 0 Å². The average molecular weight is 269 g/mol. The Bertz CT molecular complexity index is 598. The maximum atomic E-state index is 9.81. The fourth-order valence-electron chi connectivity index (χ4n) is 2.80. The van der Waals surface area contributed by atoms with Crippen LogP contribution in [0.2, 0.25) is 0 Å². The number of aromatic hydroxyl groups is 1. The van der Waals surface area contributed by atoms with Gasteiger partial charge in [0.05, 0.1) is 0 Å². The third-order valence-corrected chi connectivity index (χ3v) is 3.70. The Balaban J connectivity index is 2.21. The zero-order valence-corrected chi connectivity index (χ0v) is 13.0. The molecule has 0 spiro atoms. The maximum Gasteiger partial charge on any atom is 0.121 e. The average Bonchev–Trinajstić information content (AvgIpc) is 2.34. The van der Waals surface area contributed by atoms with Gasteiger partial charge in [-0.2, -0.15) is 0 Å². The third kappa shape index (κ3) is 2.96. The van der Waals surface area contributed by atoms with E-state index in [1.54, 1.807) is 0 Å². The molecule has 0 atom stereocenters. The van der Waals surface area contributed by atoms with Crippen LogP contribution in [0.1, 0.15) is 33.4 Å². The minimum Gasteiger partial charge on any atom is -0.507 e. The van der Waals surface area contributed by atoms with Crippen molar-refractivity contribution in [2.75, 3.05) is 5.32 Å². The lowest BCUT2D eigenvalue weighted by molar-refractivity contribution is 0.466. The molecule has 0 saturated carbocycles. The van der Waals surface area contributed by atoms with Gasteiger partial charge in [-0.25, -0.2) is 0 Å². The Hall–Kier alpha value is -1.96. The number of anilines is 1. The van der Waals surface area contributed by atoms with Crippen molar-refractivity contribution in [1.82, 2.24) is 0 Å². The molecule has 0 saturated heterocycles. The Morgan fingerprint density at radius 2 is 1.30 bits per heavy atom. The van der Waals surface area contributed by atoms with Gasteiger partial charge in [0, 0.05) is 12.2 Å². The lowest BCUT2D eigenvalue weighted by Gasteiger charge is -2.15. The van der Waals surface area contributed by atoms with Crippen molar-refractivity contribution in [3.05, 3.63) is 57.6 Å². The minimum atomic E-state index is 0.399. The van der Waals surface area contributed by atoms with E-state index in [1.807, 2.05) is 26.0 Å². The topological polar surface area (TPSA) is 32.3 Å². The van der Waals surface area contributed by atoms with Gasteiger partial charge in [0.2, 0.25) is 0 Å². The number of phenols is 1. The van der Waals surface area contributed by atoms with Crippen molar-refractivity contribution in [3.8, 4) is 5.75 Å². The first-order valence-corrected chi connectivity index (χ1v) is 6.99. The van der Waals surface area contributed by atoms with Crippen LogP contribution in [0.5, 0.6) is 5.75 Å². The van der Waals surface area contributed by atoms with E-state index in [4.69, 9.17) is 0 Å². The first-order chi connectivity index (χ1) is 9.38. The van der Waals surface area contributed by atoms with E-state index >= 15 is 0 Å². The van der Waals surface area contributed by atoms with Crippen LogP contribution < -0.4 is 5.32 Å². The Morgan fingerprint density at radius 1 is 0.800 bits per heavy atom. The van der Waals surface area contributed by atoms with Crippen LogP contribution >= 0.6 is 0 Å². The molecule has 0 unspecified atom stereocenters. The molecule has 2 nitrogen and oxygen atoms in total. The summed E-state index contributed by atoms with van der Waals surface area (Å²) >= 11 is 0. The second-order valence-electron chi connectivity index (χ2n) is 5.71.